The van der Waals surface area contributed by atoms with Crippen LogP contribution in [0, 0.1) is 5.92 Å². The van der Waals surface area contributed by atoms with Crippen molar-refractivity contribution in [1.82, 2.24) is 5.43 Å². The smallest absolute Gasteiger partial charge is 0.0488 e. The molecule has 1 aliphatic rings. The third-order valence-electron chi connectivity index (χ3n) is 3.26. The van der Waals surface area contributed by atoms with Gasteiger partial charge in [0.1, 0.15) is 0 Å². The first-order valence-corrected chi connectivity index (χ1v) is 5.90. The average molecular weight is 225 g/mol. The zero-order valence-corrected chi connectivity index (χ0v) is 9.50. The van der Waals surface area contributed by atoms with Crippen molar-refractivity contribution in [3.8, 4) is 0 Å². The van der Waals surface area contributed by atoms with Crippen molar-refractivity contribution in [2.45, 2.75) is 31.7 Å². The predicted molar refractivity (Wildman–Crippen MR) is 63.5 cm³/mol. The Hall–Kier alpha value is -0.570. The highest BCUT2D eigenvalue weighted by molar-refractivity contribution is 6.30. The number of nitrogens with two attached hydrogens (primary N) is 1. The number of hydrogen-bond acceptors (Lipinski definition) is 2. The van der Waals surface area contributed by atoms with E-state index in [1.807, 2.05) is 18.2 Å². The highest BCUT2D eigenvalue weighted by Crippen LogP contribution is 2.35. The van der Waals surface area contributed by atoms with Crippen LogP contribution in [-0.2, 0) is 0 Å². The van der Waals surface area contributed by atoms with E-state index < -0.39 is 0 Å². The van der Waals surface area contributed by atoms with Crippen LogP contribution in [0.1, 0.15) is 37.3 Å². The lowest BCUT2D eigenvalue weighted by Crippen LogP contribution is -2.32. The number of halogens is 1. The van der Waals surface area contributed by atoms with Gasteiger partial charge in [0.05, 0.1) is 0 Å². The largest absolute Gasteiger partial charge is 0.271 e. The highest BCUT2D eigenvalue weighted by atomic mass is 35.5. The molecule has 0 aliphatic heterocycles. The van der Waals surface area contributed by atoms with Crippen LogP contribution in [0.5, 0.6) is 0 Å². The SMILES string of the molecule is NNC(c1cccc(Cl)c1)C1CCCC1. The average Bonchev–Trinajstić information content (AvgIpc) is 2.72. The molecule has 2 nitrogen and oxygen atoms in total. The Bertz CT molecular complexity index is 321. The topological polar surface area (TPSA) is 38.0 Å². The monoisotopic (exact) mass is 224 g/mol. The first kappa shape index (κ1) is 10.9. The summed E-state index contributed by atoms with van der Waals surface area (Å²) in [5.41, 5.74) is 4.13. The summed E-state index contributed by atoms with van der Waals surface area (Å²) in [6, 6.07) is 8.23. The molecule has 15 heavy (non-hydrogen) atoms. The molecule has 1 atom stereocenters. The van der Waals surface area contributed by atoms with E-state index in [0.29, 0.717) is 5.92 Å². The van der Waals surface area contributed by atoms with Crippen LogP contribution in [0.4, 0.5) is 0 Å². The Morgan fingerprint density at radius 3 is 2.67 bits per heavy atom. The summed E-state index contributed by atoms with van der Waals surface area (Å²) in [5, 5.41) is 0.783. The molecule has 0 bridgehead atoms. The second-order valence-corrected chi connectivity index (χ2v) is 4.68. The van der Waals surface area contributed by atoms with E-state index in [9.17, 15) is 0 Å². The summed E-state index contributed by atoms with van der Waals surface area (Å²) in [6.45, 7) is 0. The lowest BCUT2D eigenvalue weighted by molar-refractivity contribution is 0.373. The summed E-state index contributed by atoms with van der Waals surface area (Å²) < 4.78 is 0. The third-order valence-corrected chi connectivity index (χ3v) is 3.49. The second-order valence-electron chi connectivity index (χ2n) is 4.24. The molecular weight excluding hydrogens is 208 g/mol. The van der Waals surface area contributed by atoms with Gasteiger partial charge < -0.3 is 0 Å². The van der Waals surface area contributed by atoms with Crippen LogP contribution in [0.25, 0.3) is 0 Å². The summed E-state index contributed by atoms with van der Waals surface area (Å²) in [6.07, 6.45) is 5.18. The van der Waals surface area contributed by atoms with E-state index in [2.05, 4.69) is 11.5 Å². The van der Waals surface area contributed by atoms with Gasteiger partial charge in [0, 0.05) is 11.1 Å². The molecule has 1 aromatic rings. The van der Waals surface area contributed by atoms with Crippen LogP contribution in [0.3, 0.4) is 0 Å². The van der Waals surface area contributed by atoms with Crippen LogP contribution in [0.15, 0.2) is 24.3 Å². The van der Waals surface area contributed by atoms with Crippen molar-refractivity contribution >= 4 is 11.6 Å². The molecule has 1 aromatic carbocycles. The molecule has 3 N–H and O–H groups in total. The molecule has 0 aromatic heterocycles. The minimum absolute atomic E-state index is 0.256. The maximum Gasteiger partial charge on any atom is 0.0488 e. The summed E-state index contributed by atoms with van der Waals surface area (Å²) in [4.78, 5) is 0. The third kappa shape index (κ3) is 2.51. The van der Waals surface area contributed by atoms with Crippen molar-refractivity contribution in [3.05, 3.63) is 34.9 Å². The molecule has 0 heterocycles. The Labute approximate surface area is 95.8 Å². The molecular formula is C12H17ClN2. The fourth-order valence-electron chi connectivity index (χ4n) is 2.50. The minimum Gasteiger partial charge on any atom is -0.271 e. The van der Waals surface area contributed by atoms with Gasteiger partial charge in [-0.15, -0.1) is 0 Å². The van der Waals surface area contributed by atoms with Gasteiger partial charge in [-0.2, -0.15) is 0 Å². The summed E-state index contributed by atoms with van der Waals surface area (Å²) in [7, 11) is 0. The zero-order valence-electron chi connectivity index (χ0n) is 8.75. The van der Waals surface area contributed by atoms with E-state index in [1.165, 1.54) is 31.2 Å². The molecule has 1 unspecified atom stereocenters. The molecule has 1 saturated carbocycles. The van der Waals surface area contributed by atoms with Crippen molar-refractivity contribution < 1.29 is 0 Å². The first-order chi connectivity index (χ1) is 7.31. The van der Waals surface area contributed by atoms with E-state index in [4.69, 9.17) is 17.4 Å². The van der Waals surface area contributed by atoms with E-state index in [0.717, 1.165) is 5.02 Å². The second kappa shape index (κ2) is 4.97. The molecule has 2 rings (SSSR count). The Morgan fingerprint density at radius 2 is 2.07 bits per heavy atom. The van der Waals surface area contributed by atoms with Gasteiger partial charge in [0.2, 0.25) is 0 Å². The number of nitrogens with one attached hydrogen (secondary N) is 1. The number of benzene rings is 1. The number of rotatable bonds is 3. The highest BCUT2D eigenvalue weighted by Gasteiger charge is 2.25. The molecule has 0 spiro atoms. The fourth-order valence-corrected chi connectivity index (χ4v) is 2.69. The fraction of sp³-hybridized carbons (Fsp3) is 0.500. The lowest BCUT2D eigenvalue weighted by Gasteiger charge is -2.23. The van der Waals surface area contributed by atoms with E-state index in [1.54, 1.807) is 0 Å². The molecule has 0 radical (unpaired) electrons. The molecule has 1 fully saturated rings. The van der Waals surface area contributed by atoms with Gasteiger partial charge in [-0.05, 0) is 36.5 Å². The van der Waals surface area contributed by atoms with Gasteiger partial charge in [-0.25, -0.2) is 0 Å². The normalized spacial score (nSPS) is 19.3. The molecule has 3 heteroatoms. The van der Waals surface area contributed by atoms with Crippen LogP contribution < -0.4 is 11.3 Å². The number of hydrogen-bond donors (Lipinski definition) is 2. The van der Waals surface area contributed by atoms with Gasteiger partial charge in [0.25, 0.3) is 0 Å². The van der Waals surface area contributed by atoms with Crippen molar-refractivity contribution in [2.75, 3.05) is 0 Å². The number of hydrazine groups is 1. The van der Waals surface area contributed by atoms with E-state index >= 15 is 0 Å². The van der Waals surface area contributed by atoms with Crippen LogP contribution in [-0.4, -0.2) is 0 Å². The first-order valence-electron chi connectivity index (χ1n) is 5.53. The van der Waals surface area contributed by atoms with Crippen LogP contribution in [0.2, 0.25) is 5.02 Å². The molecule has 82 valence electrons. The van der Waals surface area contributed by atoms with Gasteiger partial charge in [-0.3, -0.25) is 11.3 Å². The van der Waals surface area contributed by atoms with Crippen molar-refractivity contribution in [1.29, 1.82) is 0 Å². The Balaban J connectivity index is 2.18. The maximum atomic E-state index is 5.98. The summed E-state index contributed by atoms with van der Waals surface area (Å²) >= 11 is 5.98. The Kier molecular flexibility index (Phi) is 3.62. The van der Waals surface area contributed by atoms with Crippen LogP contribution >= 0.6 is 11.6 Å². The zero-order chi connectivity index (χ0) is 10.7. The van der Waals surface area contributed by atoms with Crippen molar-refractivity contribution in [2.24, 2.45) is 11.8 Å². The van der Waals surface area contributed by atoms with Crippen molar-refractivity contribution in [3.63, 3.8) is 0 Å². The van der Waals surface area contributed by atoms with Gasteiger partial charge in [0.15, 0.2) is 0 Å². The van der Waals surface area contributed by atoms with Gasteiger partial charge in [-0.1, -0.05) is 36.6 Å². The standard InChI is InChI=1S/C12H17ClN2/c13-11-7-3-6-10(8-11)12(15-14)9-4-1-2-5-9/h3,6-9,12,15H,1-2,4-5,14H2. The Morgan fingerprint density at radius 1 is 1.33 bits per heavy atom. The molecule has 1 aliphatic carbocycles. The van der Waals surface area contributed by atoms with E-state index in [-0.39, 0.29) is 6.04 Å². The maximum absolute atomic E-state index is 5.98. The molecule has 0 saturated heterocycles. The predicted octanol–water partition coefficient (Wildman–Crippen LogP) is 3.03. The summed E-state index contributed by atoms with van der Waals surface area (Å²) in [5.74, 6) is 6.30. The quantitative estimate of drug-likeness (QED) is 0.612. The minimum atomic E-state index is 0.256. The lowest BCUT2D eigenvalue weighted by atomic mass is 9.92. The molecule has 0 amide bonds. The van der Waals surface area contributed by atoms with Gasteiger partial charge >= 0.3 is 0 Å².